The Kier molecular flexibility index (Phi) is 5.76. The lowest BCUT2D eigenvalue weighted by atomic mass is 10.1. The van der Waals surface area contributed by atoms with Gasteiger partial charge in [-0.05, 0) is 29.7 Å². The number of nitrogens with zero attached hydrogens (tertiary/aromatic N) is 1. The van der Waals surface area contributed by atoms with Crippen LogP contribution in [0.3, 0.4) is 0 Å². The second-order valence-corrected chi connectivity index (χ2v) is 8.47. The van der Waals surface area contributed by atoms with Crippen LogP contribution in [-0.4, -0.2) is 32.3 Å². The third-order valence-corrected chi connectivity index (χ3v) is 5.97. The van der Waals surface area contributed by atoms with E-state index in [1.807, 2.05) is 30.3 Å². The Labute approximate surface area is 161 Å². The highest BCUT2D eigenvalue weighted by molar-refractivity contribution is 7.89. The zero-order valence-corrected chi connectivity index (χ0v) is 15.6. The molecule has 5 nitrogen and oxygen atoms in total. The molecule has 1 saturated heterocycles. The molecule has 1 N–H and O–H groups in total. The molecule has 9 heteroatoms. The Morgan fingerprint density at radius 1 is 1.07 bits per heavy atom. The normalized spacial score (nSPS) is 17.9. The van der Waals surface area contributed by atoms with Gasteiger partial charge in [0.2, 0.25) is 15.9 Å². The van der Waals surface area contributed by atoms with Crippen molar-refractivity contribution in [2.45, 2.75) is 24.0 Å². The first kappa shape index (κ1) is 20.3. The van der Waals surface area contributed by atoms with Crippen LogP contribution in [-0.2, 0) is 27.5 Å². The van der Waals surface area contributed by atoms with E-state index in [9.17, 15) is 26.4 Å². The van der Waals surface area contributed by atoms with Crippen molar-refractivity contribution in [3.8, 4) is 0 Å². The van der Waals surface area contributed by atoms with Crippen molar-refractivity contribution >= 4 is 15.9 Å². The van der Waals surface area contributed by atoms with Gasteiger partial charge in [0, 0.05) is 26.1 Å². The molecule has 1 heterocycles. The van der Waals surface area contributed by atoms with E-state index in [0.29, 0.717) is 19.2 Å². The number of sulfonamides is 1. The van der Waals surface area contributed by atoms with Crippen LogP contribution in [0.5, 0.6) is 0 Å². The van der Waals surface area contributed by atoms with Gasteiger partial charge in [-0.3, -0.25) is 4.79 Å². The summed E-state index contributed by atoms with van der Waals surface area (Å²) < 4.78 is 65.4. The first-order valence-corrected chi connectivity index (χ1v) is 10.1. The molecule has 0 spiro atoms. The van der Waals surface area contributed by atoms with Crippen LogP contribution in [0.1, 0.15) is 17.5 Å². The van der Waals surface area contributed by atoms with Crippen LogP contribution in [0.2, 0.25) is 0 Å². The predicted molar refractivity (Wildman–Crippen MR) is 96.6 cm³/mol. The first-order chi connectivity index (χ1) is 13.1. The molecule has 2 aromatic rings. The van der Waals surface area contributed by atoms with Crippen molar-refractivity contribution in [2.24, 2.45) is 5.92 Å². The molecule has 1 fully saturated rings. The number of alkyl halides is 3. The lowest BCUT2D eigenvalue weighted by Crippen LogP contribution is -2.31. The Balaban J connectivity index is 1.62. The summed E-state index contributed by atoms with van der Waals surface area (Å²) in [6.07, 6.45) is -4.43. The van der Waals surface area contributed by atoms with Crippen LogP contribution in [0.15, 0.2) is 59.5 Å². The summed E-state index contributed by atoms with van der Waals surface area (Å²) in [6.45, 7) is 0.811. The smallest absolute Gasteiger partial charge is 0.338 e. The molecule has 3 rings (SSSR count). The van der Waals surface area contributed by atoms with E-state index < -0.39 is 26.7 Å². The number of halogens is 3. The number of nitrogens with one attached hydrogen (secondary N) is 1. The van der Waals surface area contributed by atoms with Gasteiger partial charge < -0.3 is 4.90 Å². The lowest BCUT2D eigenvalue weighted by Gasteiger charge is -2.17. The fourth-order valence-electron chi connectivity index (χ4n) is 3.10. The highest BCUT2D eigenvalue weighted by Gasteiger charge is 2.33. The van der Waals surface area contributed by atoms with E-state index in [0.717, 1.165) is 23.8 Å². The third kappa shape index (κ3) is 4.90. The third-order valence-electron chi connectivity index (χ3n) is 4.54. The number of rotatable bonds is 6. The summed E-state index contributed by atoms with van der Waals surface area (Å²) in [7, 11) is -4.10. The number of hydrogen-bond acceptors (Lipinski definition) is 3. The molecule has 1 aliphatic heterocycles. The van der Waals surface area contributed by atoms with Crippen molar-refractivity contribution < 1.29 is 26.4 Å². The van der Waals surface area contributed by atoms with E-state index in [-0.39, 0.29) is 24.8 Å². The molecule has 2 aromatic carbocycles. The Bertz CT molecular complexity index is 946. The minimum atomic E-state index is -4.62. The second-order valence-electron chi connectivity index (χ2n) is 6.71. The number of benzene rings is 2. The van der Waals surface area contributed by atoms with E-state index in [2.05, 4.69) is 4.72 Å². The maximum Gasteiger partial charge on any atom is 0.416 e. The lowest BCUT2D eigenvalue weighted by molar-refractivity contribution is -0.137. The van der Waals surface area contributed by atoms with Gasteiger partial charge in [0.15, 0.2) is 0 Å². The Morgan fingerprint density at radius 2 is 1.79 bits per heavy atom. The maximum atomic E-state index is 12.8. The molecule has 1 unspecified atom stereocenters. The van der Waals surface area contributed by atoms with Gasteiger partial charge >= 0.3 is 6.18 Å². The topological polar surface area (TPSA) is 66.5 Å². The SMILES string of the molecule is O=C1CC(CNS(=O)(=O)c2cccc(C(F)(F)F)c2)CN1Cc1ccccc1. The van der Waals surface area contributed by atoms with Crippen molar-refractivity contribution in [1.29, 1.82) is 0 Å². The average molecular weight is 412 g/mol. The molecule has 1 amide bonds. The van der Waals surface area contributed by atoms with Crippen LogP contribution >= 0.6 is 0 Å². The maximum absolute atomic E-state index is 12.8. The average Bonchev–Trinajstić information content (AvgIpc) is 3.00. The van der Waals surface area contributed by atoms with E-state index >= 15 is 0 Å². The van der Waals surface area contributed by atoms with Crippen molar-refractivity contribution in [1.82, 2.24) is 9.62 Å². The fourth-order valence-corrected chi connectivity index (χ4v) is 4.26. The minimum absolute atomic E-state index is 0.0182. The predicted octanol–water partition coefficient (Wildman–Crippen LogP) is 3.03. The van der Waals surface area contributed by atoms with Crippen LogP contribution in [0.4, 0.5) is 13.2 Å². The molecule has 0 aromatic heterocycles. The van der Waals surface area contributed by atoms with Gasteiger partial charge in [0.05, 0.1) is 10.5 Å². The summed E-state index contributed by atoms with van der Waals surface area (Å²) in [5.41, 5.74) is -0.0542. The molecular formula is C19H19F3N2O3S. The van der Waals surface area contributed by atoms with E-state index in [4.69, 9.17) is 0 Å². The number of amides is 1. The van der Waals surface area contributed by atoms with Gasteiger partial charge in [0.1, 0.15) is 0 Å². The van der Waals surface area contributed by atoms with Gasteiger partial charge in [-0.1, -0.05) is 36.4 Å². The number of hydrogen-bond donors (Lipinski definition) is 1. The van der Waals surface area contributed by atoms with Gasteiger partial charge in [-0.15, -0.1) is 0 Å². The van der Waals surface area contributed by atoms with Crippen molar-refractivity contribution in [3.63, 3.8) is 0 Å². The fraction of sp³-hybridized carbons (Fsp3) is 0.316. The molecular weight excluding hydrogens is 393 g/mol. The molecule has 1 atom stereocenters. The first-order valence-electron chi connectivity index (χ1n) is 8.64. The summed E-state index contributed by atoms with van der Waals surface area (Å²) in [5.74, 6) is -0.316. The van der Waals surface area contributed by atoms with E-state index in [1.165, 1.54) is 0 Å². The number of carbonyl (C=O) groups is 1. The molecule has 0 saturated carbocycles. The quantitative estimate of drug-likeness (QED) is 0.793. The monoisotopic (exact) mass is 412 g/mol. The van der Waals surface area contributed by atoms with E-state index in [1.54, 1.807) is 4.90 Å². The zero-order chi connectivity index (χ0) is 20.4. The van der Waals surface area contributed by atoms with Crippen molar-refractivity contribution in [3.05, 3.63) is 65.7 Å². The second kappa shape index (κ2) is 7.92. The molecule has 0 bridgehead atoms. The van der Waals surface area contributed by atoms with Gasteiger partial charge in [-0.25, -0.2) is 13.1 Å². The number of carbonyl (C=O) groups excluding carboxylic acids is 1. The van der Waals surface area contributed by atoms with Crippen LogP contribution in [0, 0.1) is 5.92 Å². The molecule has 28 heavy (non-hydrogen) atoms. The molecule has 1 aliphatic rings. The molecule has 0 radical (unpaired) electrons. The molecule has 0 aliphatic carbocycles. The number of likely N-dealkylation sites (tertiary alicyclic amines) is 1. The largest absolute Gasteiger partial charge is 0.416 e. The van der Waals surface area contributed by atoms with Crippen molar-refractivity contribution in [2.75, 3.05) is 13.1 Å². The van der Waals surface area contributed by atoms with Crippen LogP contribution < -0.4 is 4.72 Å². The standard InChI is InChI=1S/C19H19F3N2O3S/c20-19(21,22)16-7-4-8-17(10-16)28(26,27)23-11-15-9-18(25)24(13-15)12-14-5-2-1-3-6-14/h1-8,10,15,23H,9,11-13H2. The van der Waals surface area contributed by atoms with Gasteiger partial charge in [0.25, 0.3) is 0 Å². The Morgan fingerprint density at radius 3 is 2.46 bits per heavy atom. The zero-order valence-electron chi connectivity index (χ0n) is 14.8. The highest BCUT2D eigenvalue weighted by atomic mass is 32.2. The summed E-state index contributed by atoms with van der Waals surface area (Å²) in [6, 6.07) is 13.0. The van der Waals surface area contributed by atoms with Gasteiger partial charge in [-0.2, -0.15) is 13.2 Å². The highest BCUT2D eigenvalue weighted by Crippen LogP contribution is 2.30. The summed E-state index contributed by atoms with van der Waals surface area (Å²) in [5, 5.41) is 0. The Hall–Kier alpha value is -2.39. The minimum Gasteiger partial charge on any atom is -0.338 e. The summed E-state index contributed by atoms with van der Waals surface area (Å²) in [4.78, 5) is 13.4. The van der Waals surface area contributed by atoms with Crippen LogP contribution in [0.25, 0.3) is 0 Å². The molecule has 150 valence electrons. The summed E-state index contributed by atoms with van der Waals surface area (Å²) >= 11 is 0.